The van der Waals surface area contributed by atoms with Crippen molar-refractivity contribution in [2.75, 3.05) is 18.4 Å². The minimum Gasteiger partial charge on any atom is -0.339 e. The van der Waals surface area contributed by atoms with Gasteiger partial charge in [-0.3, -0.25) is 25.0 Å². The summed E-state index contributed by atoms with van der Waals surface area (Å²) in [6.45, 7) is 3.68. The average molecular weight is 426 g/mol. The van der Waals surface area contributed by atoms with Crippen LogP contribution in [0.1, 0.15) is 40.5 Å². The summed E-state index contributed by atoms with van der Waals surface area (Å²) in [5, 5.41) is 16.3. The van der Waals surface area contributed by atoms with Gasteiger partial charge in [-0.15, -0.1) is 0 Å². The van der Waals surface area contributed by atoms with E-state index < -0.39 is 10.8 Å². The Bertz CT molecular complexity index is 986. The van der Waals surface area contributed by atoms with E-state index in [1.54, 1.807) is 24.3 Å². The summed E-state index contributed by atoms with van der Waals surface area (Å²) < 4.78 is 0. The molecule has 2 aromatic rings. The first kappa shape index (κ1) is 21.4. The molecule has 2 aromatic carbocycles. The van der Waals surface area contributed by atoms with Crippen molar-refractivity contribution < 1.29 is 14.5 Å². The van der Waals surface area contributed by atoms with Crippen molar-refractivity contribution in [2.24, 2.45) is 5.92 Å². The summed E-state index contributed by atoms with van der Waals surface area (Å²) in [4.78, 5) is 37.2. The second-order valence-electron chi connectivity index (χ2n) is 7.27. The molecule has 0 aromatic heterocycles. The third-order valence-electron chi connectivity index (χ3n) is 4.98. The van der Waals surface area contributed by atoms with E-state index in [1.165, 1.54) is 24.3 Å². The van der Waals surface area contributed by atoms with Crippen LogP contribution in [0.2, 0.25) is 0 Å². The maximum Gasteiger partial charge on any atom is 0.270 e. The highest BCUT2D eigenvalue weighted by Crippen LogP contribution is 2.20. The molecule has 0 aliphatic carbocycles. The molecule has 8 nitrogen and oxygen atoms in total. The normalized spacial score (nSPS) is 14.1. The van der Waals surface area contributed by atoms with Crippen LogP contribution in [0.4, 0.5) is 11.4 Å². The number of amides is 2. The molecular weight excluding hydrogens is 404 g/mol. The summed E-state index contributed by atoms with van der Waals surface area (Å²) in [5.74, 6) is 0.0389. The van der Waals surface area contributed by atoms with Crippen molar-refractivity contribution in [3.63, 3.8) is 0 Å². The number of carbonyl (C=O) groups is 2. The highest BCUT2D eigenvalue weighted by atomic mass is 32.1. The predicted molar refractivity (Wildman–Crippen MR) is 118 cm³/mol. The molecule has 1 fully saturated rings. The summed E-state index contributed by atoms with van der Waals surface area (Å²) in [5.41, 5.74) is 1.05. The van der Waals surface area contributed by atoms with Gasteiger partial charge in [0.05, 0.1) is 4.92 Å². The number of rotatable bonds is 4. The van der Waals surface area contributed by atoms with Crippen molar-refractivity contribution in [3.05, 3.63) is 69.8 Å². The highest BCUT2D eigenvalue weighted by molar-refractivity contribution is 7.80. The second-order valence-corrected chi connectivity index (χ2v) is 7.68. The van der Waals surface area contributed by atoms with Gasteiger partial charge in [-0.25, -0.2) is 0 Å². The lowest BCUT2D eigenvalue weighted by Gasteiger charge is -2.30. The van der Waals surface area contributed by atoms with E-state index in [2.05, 4.69) is 17.6 Å². The molecule has 0 spiro atoms. The highest BCUT2D eigenvalue weighted by Gasteiger charge is 2.21. The number of hydrogen-bond donors (Lipinski definition) is 2. The fraction of sp³-hybridized carbons (Fsp3) is 0.286. The third kappa shape index (κ3) is 5.38. The molecule has 0 unspecified atom stereocenters. The molecule has 2 N–H and O–H groups in total. The van der Waals surface area contributed by atoms with Crippen LogP contribution in [-0.2, 0) is 0 Å². The van der Waals surface area contributed by atoms with Gasteiger partial charge >= 0.3 is 0 Å². The number of hydrogen-bond acceptors (Lipinski definition) is 5. The van der Waals surface area contributed by atoms with Gasteiger partial charge in [0.15, 0.2) is 5.11 Å². The number of piperidine rings is 1. The zero-order valence-corrected chi connectivity index (χ0v) is 17.3. The monoisotopic (exact) mass is 426 g/mol. The minimum absolute atomic E-state index is 0.0305. The first-order valence-corrected chi connectivity index (χ1v) is 10.0. The van der Waals surface area contributed by atoms with E-state index >= 15 is 0 Å². The summed E-state index contributed by atoms with van der Waals surface area (Å²) in [7, 11) is 0. The first-order valence-electron chi connectivity index (χ1n) is 9.59. The Balaban J connectivity index is 1.62. The van der Waals surface area contributed by atoms with E-state index in [0.29, 0.717) is 17.2 Å². The Morgan fingerprint density at radius 3 is 2.47 bits per heavy atom. The number of nitro groups is 1. The van der Waals surface area contributed by atoms with E-state index in [-0.39, 0.29) is 22.3 Å². The van der Waals surface area contributed by atoms with E-state index in [4.69, 9.17) is 12.2 Å². The van der Waals surface area contributed by atoms with E-state index in [0.717, 1.165) is 25.9 Å². The third-order valence-corrected chi connectivity index (χ3v) is 5.19. The number of likely N-dealkylation sites (tertiary alicyclic amines) is 1. The van der Waals surface area contributed by atoms with Crippen LogP contribution in [0.3, 0.4) is 0 Å². The molecule has 1 saturated heterocycles. The fourth-order valence-corrected chi connectivity index (χ4v) is 3.43. The average Bonchev–Trinajstić information content (AvgIpc) is 2.74. The Labute approximate surface area is 179 Å². The Morgan fingerprint density at radius 2 is 1.77 bits per heavy atom. The number of nitro benzene ring substituents is 1. The minimum atomic E-state index is -0.571. The zero-order chi connectivity index (χ0) is 21.7. The SMILES string of the molecule is CC1CCN(C(=O)c2cccc(NC(=S)NC(=O)c3cccc([N+](=O)[O-])c3)c2)CC1. The largest absolute Gasteiger partial charge is 0.339 e. The summed E-state index contributed by atoms with van der Waals surface area (Å²) in [6, 6.07) is 12.3. The molecule has 0 bridgehead atoms. The maximum absolute atomic E-state index is 12.7. The quantitative estimate of drug-likeness (QED) is 0.440. The number of thiocarbonyl (C=S) groups is 1. The van der Waals surface area contributed by atoms with Gasteiger partial charge in [-0.1, -0.05) is 19.1 Å². The number of anilines is 1. The molecule has 9 heteroatoms. The van der Waals surface area contributed by atoms with Gasteiger partial charge in [0.25, 0.3) is 17.5 Å². The smallest absolute Gasteiger partial charge is 0.270 e. The van der Waals surface area contributed by atoms with Crippen LogP contribution in [0.25, 0.3) is 0 Å². The number of benzene rings is 2. The van der Waals surface area contributed by atoms with E-state index in [9.17, 15) is 19.7 Å². The maximum atomic E-state index is 12.7. The summed E-state index contributed by atoms with van der Waals surface area (Å²) in [6.07, 6.45) is 1.99. The van der Waals surface area contributed by atoms with Gasteiger partial charge in [-0.2, -0.15) is 0 Å². The van der Waals surface area contributed by atoms with E-state index in [1.807, 2.05) is 4.90 Å². The van der Waals surface area contributed by atoms with Crippen LogP contribution in [0.5, 0.6) is 0 Å². The lowest BCUT2D eigenvalue weighted by Crippen LogP contribution is -2.38. The number of nitrogens with one attached hydrogen (secondary N) is 2. The fourth-order valence-electron chi connectivity index (χ4n) is 3.22. The molecule has 0 radical (unpaired) electrons. The van der Waals surface area contributed by atoms with Crippen LogP contribution in [0, 0.1) is 16.0 Å². The molecule has 156 valence electrons. The van der Waals surface area contributed by atoms with Crippen molar-refractivity contribution in [1.29, 1.82) is 0 Å². The number of carbonyl (C=O) groups excluding carboxylic acids is 2. The molecule has 0 saturated carbocycles. The standard InChI is InChI=1S/C21H22N4O4S/c1-14-8-10-24(11-9-14)20(27)16-5-2-6-17(12-16)22-21(30)23-19(26)15-4-3-7-18(13-15)25(28)29/h2-7,12-14H,8-11H2,1H3,(H2,22,23,26,30). The van der Waals surface area contributed by atoms with Crippen molar-refractivity contribution in [3.8, 4) is 0 Å². The molecule has 3 rings (SSSR count). The Hall–Kier alpha value is -3.33. The van der Waals surface area contributed by atoms with Crippen LogP contribution in [0.15, 0.2) is 48.5 Å². The Morgan fingerprint density at radius 1 is 1.10 bits per heavy atom. The number of non-ortho nitro benzene ring substituents is 1. The van der Waals surface area contributed by atoms with Crippen molar-refractivity contribution in [1.82, 2.24) is 10.2 Å². The lowest BCUT2D eigenvalue weighted by atomic mass is 9.98. The molecule has 0 atom stereocenters. The molecule has 1 aliphatic rings. The summed E-state index contributed by atoms with van der Waals surface area (Å²) >= 11 is 5.17. The molecule has 30 heavy (non-hydrogen) atoms. The van der Waals surface area contributed by atoms with Gasteiger partial charge < -0.3 is 10.2 Å². The van der Waals surface area contributed by atoms with Crippen LogP contribution < -0.4 is 10.6 Å². The first-order chi connectivity index (χ1) is 14.3. The Kier molecular flexibility index (Phi) is 6.73. The van der Waals surface area contributed by atoms with Gasteiger partial charge in [0.2, 0.25) is 0 Å². The lowest BCUT2D eigenvalue weighted by molar-refractivity contribution is -0.384. The molecule has 2 amide bonds. The van der Waals surface area contributed by atoms with Crippen LogP contribution in [-0.4, -0.2) is 39.8 Å². The van der Waals surface area contributed by atoms with Crippen molar-refractivity contribution >= 4 is 40.5 Å². The van der Waals surface area contributed by atoms with Gasteiger partial charge in [0.1, 0.15) is 0 Å². The predicted octanol–water partition coefficient (Wildman–Crippen LogP) is 3.59. The molecule has 1 heterocycles. The van der Waals surface area contributed by atoms with Crippen molar-refractivity contribution in [2.45, 2.75) is 19.8 Å². The number of nitrogens with zero attached hydrogens (tertiary/aromatic N) is 2. The second kappa shape index (κ2) is 9.45. The topological polar surface area (TPSA) is 105 Å². The zero-order valence-electron chi connectivity index (χ0n) is 16.5. The molecule has 1 aliphatic heterocycles. The van der Waals surface area contributed by atoms with Crippen LogP contribution >= 0.6 is 12.2 Å². The van der Waals surface area contributed by atoms with Gasteiger partial charge in [-0.05, 0) is 55.2 Å². The van der Waals surface area contributed by atoms with Gasteiger partial charge in [0, 0.05) is 42.0 Å². The molecular formula is C21H22N4O4S.